The SMILES string of the molecule is O=C(N1Cc2cc(Cl)ccc2-n2c(nnc2C2CC3(C2)CN(c2ccccn2)C3)C1)C1(F)CC1. The first-order valence-corrected chi connectivity index (χ1v) is 12.2. The monoisotopic (exact) mass is 478 g/mol. The molecular formula is C25H24ClFN6O. The summed E-state index contributed by atoms with van der Waals surface area (Å²) in [7, 11) is 0. The van der Waals surface area contributed by atoms with E-state index in [1.165, 1.54) is 0 Å². The smallest absolute Gasteiger partial charge is 0.260 e. The normalized spacial score (nSPS) is 21.8. The van der Waals surface area contributed by atoms with Crippen LogP contribution in [-0.2, 0) is 17.9 Å². The molecule has 0 unspecified atom stereocenters. The van der Waals surface area contributed by atoms with Gasteiger partial charge in [0, 0.05) is 42.2 Å². The highest BCUT2D eigenvalue weighted by molar-refractivity contribution is 6.30. The van der Waals surface area contributed by atoms with E-state index < -0.39 is 11.6 Å². The molecule has 3 fully saturated rings. The molecule has 1 spiro atoms. The molecule has 4 aliphatic rings. The summed E-state index contributed by atoms with van der Waals surface area (Å²) in [6.45, 7) is 2.58. The van der Waals surface area contributed by atoms with Gasteiger partial charge in [0.1, 0.15) is 11.6 Å². The number of halogens is 2. The first-order valence-electron chi connectivity index (χ1n) is 11.8. The van der Waals surface area contributed by atoms with Crippen LogP contribution in [0.5, 0.6) is 0 Å². The zero-order valence-electron chi connectivity index (χ0n) is 18.6. The van der Waals surface area contributed by atoms with E-state index >= 15 is 0 Å². The average Bonchev–Trinajstić information content (AvgIpc) is 3.45. The van der Waals surface area contributed by atoms with Crippen molar-refractivity contribution in [3.63, 3.8) is 0 Å². The van der Waals surface area contributed by atoms with Crippen molar-refractivity contribution < 1.29 is 9.18 Å². The van der Waals surface area contributed by atoms with Crippen LogP contribution < -0.4 is 4.90 Å². The minimum absolute atomic E-state index is 0.245. The van der Waals surface area contributed by atoms with Gasteiger partial charge in [0.2, 0.25) is 0 Å². The number of hydrogen-bond acceptors (Lipinski definition) is 5. The van der Waals surface area contributed by atoms with Crippen molar-refractivity contribution in [1.29, 1.82) is 0 Å². The second-order valence-corrected chi connectivity index (χ2v) is 10.8. The summed E-state index contributed by atoms with van der Waals surface area (Å²) in [6, 6.07) is 11.7. The van der Waals surface area contributed by atoms with Crippen LogP contribution in [0.1, 0.15) is 48.8 Å². The summed E-state index contributed by atoms with van der Waals surface area (Å²) >= 11 is 6.30. The number of alkyl halides is 1. The fourth-order valence-electron chi connectivity index (χ4n) is 5.93. The molecular weight excluding hydrogens is 455 g/mol. The topological polar surface area (TPSA) is 67.2 Å². The van der Waals surface area contributed by atoms with Gasteiger partial charge in [0.05, 0.1) is 12.2 Å². The van der Waals surface area contributed by atoms with Gasteiger partial charge in [-0.15, -0.1) is 10.2 Å². The fraction of sp³-hybridized carbons (Fsp3) is 0.440. The minimum atomic E-state index is -1.72. The number of benzene rings is 1. The Kier molecular flexibility index (Phi) is 4.20. The Morgan fingerprint density at radius 1 is 1.09 bits per heavy atom. The van der Waals surface area contributed by atoms with Gasteiger partial charge in [-0.05, 0) is 61.6 Å². The second kappa shape index (κ2) is 7.01. The summed E-state index contributed by atoms with van der Waals surface area (Å²) in [5, 5.41) is 9.65. The highest BCUT2D eigenvalue weighted by Crippen LogP contribution is 2.56. The molecule has 0 bridgehead atoms. The third-order valence-electron chi connectivity index (χ3n) is 7.84. The Morgan fingerprint density at radius 3 is 2.65 bits per heavy atom. The fourth-order valence-corrected chi connectivity index (χ4v) is 6.13. The van der Waals surface area contributed by atoms with Gasteiger partial charge < -0.3 is 9.80 Å². The lowest BCUT2D eigenvalue weighted by atomic mass is 9.57. The van der Waals surface area contributed by atoms with E-state index in [-0.39, 0.29) is 6.54 Å². The van der Waals surface area contributed by atoms with Gasteiger partial charge in [-0.1, -0.05) is 17.7 Å². The number of anilines is 1. The predicted octanol–water partition coefficient (Wildman–Crippen LogP) is 4.04. The molecule has 1 aromatic carbocycles. The van der Waals surface area contributed by atoms with Crippen molar-refractivity contribution in [2.24, 2.45) is 5.41 Å². The van der Waals surface area contributed by atoms with Crippen LogP contribution in [0, 0.1) is 5.41 Å². The molecule has 9 heteroatoms. The predicted molar refractivity (Wildman–Crippen MR) is 125 cm³/mol. The standard InChI is InChI=1S/C25H24ClFN6O/c26-18-4-5-19-16(9-18)12-31(23(34)25(27)6-7-25)13-21-29-30-22(33(19)21)17-10-24(11-17)14-32(15-24)20-3-1-2-8-28-20/h1-5,8-9,17H,6-7,10-15H2. The maximum Gasteiger partial charge on any atom is 0.260 e. The molecule has 174 valence electrons. The van der Waals surface area contributed by atoms with E-state index in [2.05, 4.69) is 30.7 Å². The number of pyridine rings is 1. The molecule has 2 aliphatic carbocycles. The summed E-state index contributed by atoms with van der Waals surface area (Å²) < 4.78 is 16.7. The van der Waals surface area contributed by atoms with Crippen LogP contribution >= 0.6 is 11.6 Å². The molecule has 1 amide bonds. The van der Waals surface area contributed by atoms with Crippen LogP contribution in [0.4, 0.5) is 10.2 Å². The summed E-state index contributed by atoms with van der Waals surface area (Å²) in [5.74, 6) is 2.48. The van der Waals surface area contributed by atoms with Gasteiger partial charge >= 0.3 is 0 Å². The lowest BCUT2D eigenvalue weighted by molar-refractivity contribution is -0.139. The Morgan fingerprint density at radius 2 is 1.91 bits per heavy atom. The Hall–Kier alpha value is -3.00. The van der Waals surface area contributed by atoms with Crippen molar-refractivity contribution in [2.75, 3.05) is 18.0 Å². The zero-order valence-corrected chi connectivity index (χ0v) is 19.4. The maximum absolute atomic E-state index is 14.7. The number of fused-ring (bicyclic) bond motifs is 3. The summed E-state index contributed by atoms with van der Waals surface area (Å²) in [5.41, 5.74) is 0.407. The molecule has 3 aromatic rings. The van der Waals surface area contributed by atoms with Crippen LogP contribution in [0.25, 0.3) is 5.69 Å². The molecule has 7 nitrogen and oxygen atoms in total. The number of nitrogens with zero attached hydrogens (tertiary/aromatic N) is 6. The molecule has 34 heavy (non-hydrogen) atoms. The first-order chi connectivity index (χ1) is 16.4. The van der Waals surface area contributed by atoms with Crippen LogP contribution in [0.3, 0.4) is 0 Å². The van der Waals surface area contributed by atoms with E-state index in [1.807, 2.05) is 36.5 Å². The third kappa shape index (κ3) is 3.07. The van der Waals surface area contributed by atoms with E-state index in [4.69, 9.17) is 11.6 Å². The van der Waals surface area contributed by atoms with E-state index in [0.29, 0.717) is 41.6 Å². The van der Waals surface area contributed by atoms with Gasteiger partial charge in [-0.3, -0.25) is 9.36 Å². The van der Waals surface area contributed by atoms with Crippen molar-refractivity contribution in [1.82, 2.24) is 24.6 Å². The number of rotatable bonds is 3. The molecule has 4 heterocycles. The second-order valence-electron chi connectivity index (χ2n) is 10.4. The molecule has 1 saturated heterocycles. The summed E-state index contributed by atoms with van der Waals surface area (Å²) in [6.07, 6.45) is 4.52. The molecule has 0 atom stereocenters. The van der Waals surface area contributed by atoms with Gasteiger partial charge in [-0.2, -0.15) is 0 Å². The Labute approximate surface area is 201 Å². The number of carbonyl (C=O) groups is 1. The molecule has 2 aliphatic heterocycles. The number of hydrogen-bond donors (Lipinski definition) is 0. The first kappa shape index (κ1) is 20.4. The zero-order chi connectivity index (χ0) is 23.1. The maximum atomic E-state index is 14.7. The van der Waals surface area contributed by atoms with Crippen LogP contribution in [0.2, 0.25) is 5.02 Å². The molecule has 7 rings (SSSR count). The van der Waals surface area contributed by atoms with Crippen molar-refractivity contribution in [2.45, 2.75) is 50.4 Å². The number of amides is 1. The lowest BCUT2D eigenvalue weighted by Gasteiger charge is -2.59. The van der Waals surface area contributed by atoms with E-state index in [0.717, 1.165) is 48.8 Å². The quantitative estimate of drug-likeness (QED) is 0.568. The average molecular weight is 479 g/mol. The number of carbonyl (C=O) groups excluding carboxylic acids is 1. The third-order valence-corrected chi connectivity index (χ3v) is 8.08. The van der Waals surface area contributed by atoms with Crippen LogP contribution in [-0.4, -0.2) is 49.3 Å². The Balaban J connectivity index is 1.16. The lowest BCUT2D eigenvalue weighted by Crippen LogP contribution is -2.62. The van der Waals surface area contributed by atoms with E-state index in [1.54, 1.807) is 4.90 Å². The molecule has 0 N–H and O–H groups in total. The summed E-state index contributed by atoms with van der Waals surface area (Å²) in [4.78, 5) is 21.2. The van der Waals surface area contributed by atoms with Gasteiger partial charge in [0.25, 0.3) is 5.91 Å². The molecule has 0 radical (unpaired) electrons. The highest BCUT2D eigenvalue weighted by Gasteiger charge is 2.55. The van der Waals surface area contributed by atoms with Gasteiger partial charge in [-0.25, -0.2) is 9.37 Å². The highest BCUT2D eigenvalue weighted by atomic mass is 35.5. The van der Waals surface area contributed by atoms with Gasteiger partial charge in [0.15, 0.2) is 11.5 Å². The number of aromatic nitrogens is 4. The largest absolute Gasteiger partial charge is 0.355 e. The minimum Gasteiger partial charge on any atom is -0.355 e. The van der Waals surface area contributed by atoms with Crippen LogP contribution in [0.15, 0.2) is 42.6 Å². The Bertz CT molecular complexity index is 1290. The van der Waals surface area contributed by atoms with E-state index in [9.17, 15) is 9.18 Å². The van der Waals surface area contributed by atoms with Crippen molar-refractivity contribution >= 4 is 23.3 Å². The van der Waals surface area contributed by atoms with Crippen molar-refractivity contribution in [3.05, 3.63) is 64.8 Å². The molecule has 2 aromatic heterocycles. The molecule has 2 saturated carbocycles. The van der Waals surface area contributed by atoms with Crippen molar-refractivity contribution in [3.8, 4) is 5.69 Å².